The molecule has 0 atom stereocenters. The van der Waals surface area contributed by atoms with Crippen LogP contribution in [0.25, 0.3) is 11.1 Å². The molecular formula is C29H41FO2. The van der Waals surface area contributed by atoms with Crippen molar-refractivity contribution in [1.29, 1.82) is 0 Å². The Labute approximate surface area is 194 Å². The van der Waals surface area contributed by atoms with Gasteiger partial charge in [-0.3, -0.25) is 0 Å². The summed E-state index contributed by atoms with van der Waals surface area (Å²) in [5, 5.41) is 0. The Hall–Kier alpha value is -1.71. The van der Waals surface area contributed by atoms with E-state index in [1.165, 1.54) is 56.9 Å². The first-order valence-corrected chi connectivity index (χ1v) is 12.8. The Kier molecular flexibility index (Phi) is 10.7. The molecule has 2 aromatic carbocycles. The smallest absolute Gasteiger partial charge is 0.157 e. The molecule has 1 aliphatic heterocycles. The minimum absolute atomic E-state index is 0.155. The molecule has 3 heteroatoms. The molecule has 0 radical (unpaired) electrons. The standard InChI is InChI=1S/C29H41FO2/c1-3-5-7-8-9-11-25-21-31-29(32-22-25)19-15-24-14-18-27(28(30)20-24)26-16-12-23(13-17-26)10-6-4-2/h12-14,16-18,20,25,29H,3-11,15,19,21-22H2,1-2H3. The van der Waals surface area contributed by atoms with E-state index in [0.29, 0.717) is 11.5 Å². The van der Waals surface area contributed by atoms with Crippen LogP contribution in [0.5, 0.6) is 0 Å². The minimum Gasteiger partial charge on any atom is -0.352 e. The molecule has 1 heterocycles. The van der Waals surface area contributed by atoms with Gasteiger partial charge in [0, 0.05) is 17.9 Å². The van der Waals surface area contributed by atoms with Crippen LogP contribution in [0, 0.1) is 11.7 Å². The highest BCUT2D eigenvalue weighted by Gasteiger charge is 2.21. The number of ether oxygens (including phenoxy) is 2. The van der Waals surface area contributed by atoms with Gasteiger partial charge in [0.2, 0.25) is 0 Å². The normalized spacial score (nSPS) is 18.7. The highest BCUT2D eigenvalue weighted by Crippen LogP contribution is 2.26. The maximum atomic E-state index is 14.8. The van der Waals surface area contributed by atoms with Crippen molar-refractivity contribution in [2.75, 3.05) is 13.2 Å². The minimum atomic E-state index is -0.162. The van der Waals surface area contributed by atoms with E-state index in [4.69, 9.17) is 9.47 Å². The molecule has 0 bridgehead atoms. The summed E-state index contributed by atoms with van der Waals surface area (Å²) in [4.78, 5) is 0. The van der Waals surface area contributed by atoms with E-state index in [9.17, 15) is 4.39 Å². The number of rotatable bonds is 13. The van der Waals surface area contributed by atoms with E-state index in [1.807, 2.05) is 24.3 Å². The van der Waals surface area contributed by atoms with Gasteiger partial charge in [0.25, 0.3) is 0 Å². The summed E-state index contributed by atoms with van der Waals surface area (Å²) in [5.74, 6) is 0.371. The summed E-state index contributed by atoms with van der Waals surface area (Å²) in [7, 11) is 0. The van der Waals surface area contributed by atoms with Crippen LogP contribution < -0.4 is 0 Å². The maximum absolute atomic E-state index is 14.8. The van der Waals surface area contributed by atoms with Crippen molar-refractivity contribution in [2.45, 2.75) is 90.8 Å². The lowest BCUT2D eigenvalue weighted by Crippen LogP contribution is -2.32. The highest BCUT2D eigenvalue weighted by atomic mass is 19.1. The van der Waals surface area contributed by atoms with E-state index in [-0.39, 0.29) is 12.1 Å². The predicted molar refractivity (Wildman–Crippen MR) is 131 cm³/mol. The lowest BCUT2D eigenvalue weighted by molar-refractivity contribution is -0.203. The second kappa shape index (κ2) is 13.7. The summed E-state index contributed by atoms with van der Waals surface area (Å²) < 4.78 is 26.7. The van der Waals surface area contributed by atoms with Gasteiger partial charge in [-0.05, 0) is 48.4 Å². The monoisotopic (exact) mass is 440 g/mol. The molecule has 0 spiro atoms. The molecule has 1 fully saturated rings. The Morgan fingerprint density at radius 1 is 0.750 bits per heavy atom. The van der Waals surface area contributed by atoms with E-state index >= 15 is 0 Å². The molecule has 3 rings (SSSR count). The van der Waals surface area contributed by atoms with E-state index in [0.717, 1.165) is 43.6 Å². The molecule has 1 saturated heterocycles. The van der Waals surface area contributed by atoms with Crippen molar-refractivity contribution in [2.24, 2.45) is 5.92 Å². The van der Waals surface area contributed by atoms with Crippen LogP contribution in [-0.2, 0) is 22.3 Å². The molecule has 2 aromatic rings. The maximum Gasteiger partial charge on any atom is 0.157 e. The van der Waals surface area contributed by atoms with Crippen LogP contribution in [-0.4, -0.2) is 19.5 Å². The van der Waals surface area contributed by atoms with Gasteiger partial charge in [-0.15, -0.1) is 0 Å². The van der Waals surface area contributed by atoms with Gasteiger partial charge < -0.3 is 9.47 Å². The van der Waals surface area contributed by atoms with E-state index in [2.05, 4.69) is 26.0 Å². The lowest BCUT2D eigenvalue weighted by Gasteiger charge is -2.29. The number of hydrogen-bond donors (Lipinski definition) is 0. The third kappa shape index (κ3) is 8.01. The summed E-state index contributed by atoms with van der Waals surface area (Å²) >= 11 is 0. The van der Waals surface area contributed by atoms with Crippen LogP contribution in [0.1, 0.15) is 82.8 Å². The van der Waals surface area contributed by atoms with Gasteiger partial charge in [-0.2, -0.15) is 0 Å². The fraction of sp³-hybridized carbons (Fsp3) is 0.586. The van der Waals surface area contributed by atoms with Crippen LogP contribution in [0.3, 0.4) is 0 Å². The van der Waals surface area contributed by atoms with Crippen molar-refractivity contribution >= 4 is 0 Å². The fourth-order valence-corrected chi connectivity index (χ4v) is 4.42. The van der Waals surface area contributed by atoms with Gasteiger partial charge in [0.05, 0.1) is 13.2 Å². The zero-order valence-corrected chi connectivity index (χ0v) is 20.1. The largest absolute Gasteiger partial charge is 0.352 e. The van der Waals surface area contributed by atoms with Crippen LogP contribution in [0.15, 0.2) is 42.5 Å². The summed E-state index contributed by atoms with van der Waals surface area (Å²) in [6.45, 7) is 6.03. The average Bonchev–Trinajstić information content (AvgIpc) is 2.82. The first kappa shape index (κ1) is 24.9. The van der Waals surface area contributed by atoms with Crippen molar-refractivity contribution in [3.63, 3.8) is 0 Å². The second-order valence-electron chi connectivity index (χ2n) is 9.32. The first-order chi connectivity index (χ1) is 15.7. The van der Waals surface area contributed by atoms with Crippen LogP contribution >= 0.6 is 0 Å². The average molecular weight is 441 g/mol. The van der Waals surface area contributed by atoms with Gasteiger partial charge in [0.1, 0.15) is 5.82 Å². The molecule has 0 N–H and O–H groups in total. The highest BCUT2D eigenvalue weighted by molar-refractivity contribution is 5.64. The Morgan fingerprint density at radius 2 is 1.44 bits per heavy atom. The Morgan fingerprint density at radius 3 is 2.12 bits per heavy atom. The zero-order chi connectivity index (χ0) is 22.6. The Balaban J connectivity index is 1.41. The SMILES string of the molecule is CCCCCCCC1COC(CCc2ccc(-c3ccc(CCCC)cc3)c(F)c2)OC1. The number of benzene rings is 2. The van der Waals surface area contributed by atoms with Crippen molar-refractivity contribution in [3.05, 3.63) is 59.4 Å². The third-order valence-corrected chi connectivity index (χ3v) is 6.54. The van der Waals surface area contributed by atoms with E-state index in [1.54, 1.807) is 6.07 Å². The summed E-state index contributed by atoms with van der Waals surface area (Å²) in [5.41, 5.74) is 3.92. The van der Waals surface area contributed by atoms with Crippen LogP contribution in [0.2, 0.25) is 0 Å². The number of hydrogen-bond acceptors (Lipinski definition) is 2. The molecular weight excluding hydrogens is 399 g/mol. The summed E-state index contributed by atoms with van der Waals surface area (Å²) in [6, 6.07) is 13.9. The van der Waals surface area contributed by atoms with Gasteiger partial charge in [0.15, 0.2) is 6.29 Å². The number of unbranched alkanes of at least 4 members (excludes halogenated alkanes) is 5. The second-order valence-corrected chi connectivity index (χ2v) is 9.32. The lowest BCUT2D eigenvalue weighted by atomic mass is 9.99. The van der Waals surface area contributed by atoms with Gasteiger partial charge >= 0.3 is 0 Å². The molecule has 0 saturated carbocycles. The van der Waals surface area contributed by atoms with Gasteiger partial charge in [-0.1, -0.05) is 88.8 Å². The molecule has 0 unspecified atom stereocenters. The molecule has 0 amide bonds. The van der Waals surface area contributed by atoms with Gasteiger partial charge in [-0.25, -0.2) is 4.39 Å². The molecule has 1 aliphatic rings. The van der Waals surface area contributed by atoms with Crippen molar-refractivity contribution in [3.8, 4) is 11.1 Å². The fourth-order valence-electron chi connectivity index (χ4n) is 4.42. The Bertz CT molecular complexity index is 778. The molecule has 0 aromatic heterocycles. The van der Waals surface area contributed by atoms with Crippen molar-refractivity contribution in [1.82, 2.24) is 0 Å². The molecule has 32 heavy (non-hydrogen) atoms. The first-order valence-electron chi connectivity index (χ1n) is 12.8. The van der Waals surface area contributed by atoms with E-state index < -0.39 is 0 Å². The quantitative estimate of drug-likeness (QED) is 0.293. The van der Waals surface area contributed by atoms with Crippen molar-refractivity contribution < 1.29 is 13.9 Å². The number of aryl methyl sites for hydroxylation is 2. The number of halogens is 1. The molecule has 0 aliphatic carbocycles. The molecule has 2 nitrogen and oxygen atoms in total. The zero-order valence-electron chi connectivity index (χ0n) is 20.1. The topological polar surface area (TPSA) is 18.5 Å². The summed E-state index contributed by atoms with van der Waals surface area (Å²) in [6.07, 6.45) is 12.6. The van der Waals surface area contributed by atoms with Crippen LogP contribution in [0.4, 0.5) is 4.39 Å². The third-order valence-electron chi connectivity index (χ3n) is 6.54. The molecule has 176 valence electrons. The predicted octanol–water partition coefficient (Wildman–Crippen LogP) is 8.12.